The summed E-state index contributed by atoms with van der Waals surface area (Å²) in [5, 5.41) is 0. The molecule has 1 amide bonds. The lowest BCUT2D eigenvalue weighted by atomic mass is 9.85. The van der Waals surface area contributed by atoms with Crippen LogP contribution in [0.3, 0.4) is 0 Å². The first-order valence-corrected chi connectivity index (χ1v) is 7.13. The number of amides is 1. The maximum Gasteiger partial charge on any atom is 0.254 e. The standard InChI is InChI=1S/C16H24N2O/c1-11-7-12(2)13(3)18(10-11)16(19)15-6-4-5-14(8-15)9-17/h4-6,8,11-13H,7,9-10,17H2,1-3H3. The molecular weight excluding hydrogens is 236 g/mol. The van der Waals surface area contributed by atoms with Crippen molar-refractivity contribution < 1.29 is 4.79 Å². The maximum atomic E-state index is 12.7. The Balaban J connectivity index is 2.22. The monoisotopic (exact) mass is 260 g/mol. The van der Waals surface area contributed by atoms with E-state index in [0.29, 0.717) is 24.4 Å². The van der Waals surface area contributed by atoms with Crippen molar-refractivity contribution in [3.05, 3.63) is 35.4 Å². The van der Waals surface area contributed by atoms with E-state index in [9.17, 15) is 4.79 Å². The topological polar surface area (TPSA) is 46.3 Å². The van der Waals surface area contributed by atoms with Crippen LogP contribution in [0.5, 0.6) is 0 Å². The van der Waals surface area contributed by atoms with E-state index < -0.39 is 0 Å². The first-order valence-electron chi connectivity index (χ1n) is 7.13. The van der Waals surface area contributed by atoms with Crippen LogP contribution in [0.2, 0.25) is 0 Å². The first-order chi connectivity index (χ1) is 9.02. The number of benzene rings is 1. The number of likely N-dealkylation sites (tertiary alicyclic amines) is 1. The molecular formula is C16H24N2O. The van der Waals surface area contributed by atoms with Crippen LogP contribution in [0.25, 0.3) is 0 Å². The number of hydrogen-bond acceptors (Lipinski definition) is 2. The number of carbonyl (C=O) groups is 1. The fourth-order valence-electron chi connectivity index (χ4n) is 2.98. The first kappa shape index (κ1) is 14.1. The number of piperidine rings is 1. The van der Waals surface area contributed by atoms with Crippen molar-refractivity contribution in [2.24, 2.45) is 17.6 Å². The van der Waals surface area contributed by atoms with Crippen molar-refractivity contribution in [3.8, 4) is 0 Å². The summed E-state index contributed by atoms with van der Waals surface area (Å²) in [6.07, 6.45) is 1.20. The van der Waals surface area contributed by atoms with Crippen LogP contribution >= 0.6 is 0 Å². The molecule has 1 saturated heterocycles. The lowest BCUT2D eigenvalue weighted by Crippen LogP contribution is -2.48. The zero-order valence-electron chi connectivity index (χ0n) is 12.1. The van der Waals surface area contributed by atoms with Crippen LogP contribution in [0.1, 0.15) is 43.1 Å². The number of hydrogen-bond donors (Lipinski definition) is 1. The summed E-state index contributed by atoms with van der Waals surface area (Å²) in [6.45, 7) is 7.94. The second kappa shape index (κ2) is 5.74. The molecule has 1 aromatic rings. The van der Waals surface area contributed by atoms with E-state index >= 15 is 0 Å². The summed E-state index contributed by atoms with van der Waals surface area (Å²) in [5.41, 5.74) is 7.41. The average Bonchev–Trinajstić information content (AvgIpc) is 2.42. The lowest BCUT2D eigenvalue weighted by Gasteiger charge is -2.41. The highest BCUT2D eigenvalue weighted by atomic mass is 16.2. The third-order valence-corrected chi connectivity index (χ3v) is 4.27. The molecule has 1 aliphatic rings. The molecule has 2 N–H and O–H groups in total. The fourth-order valence-corrected chi connectivity index (χ4v) is 2.98. The van der Waals surface area contributed by atoms with Gasteiger partial charge in [-0.1, -0.05) is 26.0 Å². The van der Waals surface area contributed by atoms with E-state index in [1.807, 2.05) is 29.2 Å². The van der Waals surface area contributed by atoms with E-state index in [2.05, 4.69) is 20.8 Å². The van der Waals surface area contributed by atoms with Gasteiger partial charge in [-0.2, -0.15) is 0 Å². The van der Waals surface area contributed by atoms with Crippen LogP contribution in [0.4, 0.5) is 0 Å². The second-order valence-electron chi connectivity index (χ2n) is 5.92. The van der Waals surface area contributed by atoms with Crippen molar-refractivity contribution in [2.75, 3.05) is 6.54 Å². The number of nitrogens with two attached hydrogens (primary N) is 1. The van der Waals surface area contributed by atoms with Gasteiger partial charge in [-0.25, -0.2) is 0 Å². The zero-order valence-corrected chi connectivity index (χ0v) is 12.1. The largest absolute Gasteiger partial charge is 0.335 e. The number of rotatable bonds is 2. The van der Waals surface area contributed by atoms with Crippen molar-refractivity contribution in [3.63, 3.8) is 0 Å². The van der Waals surface area contributed by atoms with E-state index in [0.717, 1.165) is 17.7 Å². The van der Waals surface area contributed by atoms with Crippen LogP contribution in [0, 0.1) is 11.8 Å². The van der Waals surface area contributed by atoms with Crippen molar-refractivity contribution >= 4 is 5.91 Å². The summed E-state index contributed by atoms with van der Waals surface area (Å²) < 4.78 is 0. The van der Waals surface area contributed by atoms with Crippen molar-refractivity contribution in [2.45, 2.75) is 39.8 Å². The van der Waals surface area contributed by atoms with E-state index in [-0.39, 0.29) is 5.91 Å². The van der Waals surface area contributed by atoms with Crippen LogP contribution < -0.4 is 5.73 Å². The third-order valence-electron chi connectivity index (χ3n) is 4.27. The molecule has 1 aliphatic heterocycles. The second-order valence-corrected chi connectivity index (χ2v) is 5.92. The molecule has 0 aromatic heterocycles. The Morgan fingerprint density at radius 3 is 2.79 bits per heavy atom. The highest BCUT2D eigenvalue weighted by Crippen LogP contribution is 2.28. The summed E-state index contributed by atoms with van der Waals surface area (Å²) in [5.74, 6) is 1.28. The molecule has 104 valence electrons. The number of nitrogens with zero attached hydrogens (tertiary/aromatic N) is 1. The fraction of sp³-hybridized carbons (Fsp3) is 0.562. The quantitative estimate of drug-likeness (QED) is 0.888. The maximum absolute atomic E-state index is 12.7. The van der Waals surface area contributed by atoms with E-state index in [4.69, 9.17) is 5.73 Å². The predicted octanol–water partition coefficient (Wildman–Crippen LogP) is 2.65. The summed E-state index contributed by atoms with van der Waals surface area (Å²) >= 11 is 0. The van der Waals surface area contributed by atoms with Gasteiger partial charge in [0.05, 0.1) is 0 Å². The summed E-state index contributed by atoms with van der Waals surface area (Å²) in [4.78, 5) is 14.7. The van der Waals surface area contributed by atoms with Gasteiger partial charge in [-0.15, -0.1) is 0 Å². The molecule has 0 spiro atoms. The molecule has 3 unspecified atom stereocenters. The molecule has 0 saturated carbocycles. The Morgan fingerprint density at radius 2 is 2.11 bits per heavy atom. The molecule has 3 atom stereocenters. The minimum atomic E-state index is 0.140. The predicted molar refractivity (Wildman–Crippen MR) is 77.8 cm³/mol. The van der Waals surface area contributed by atoms with Crippen LogP contribution in [-0.4, -0.2) is 23.4 Å². The molecule has 0 radical (unpaired) electrons. The molecule has 3 nitrogen and oxygen atoms in total. The smallest absolute Gasteiger partial charge is 0.254 e. The van der Waals surface area contributed by atoms with Gasteiger partial charge in [0.25, 0.3) is 5.91 Å². The van der Waals surface area contributed by atoms with Gasteiger partial charge in [-0.3, -0.25) is 4.79 Å². The molecule has 0 aliphatic carbocycles. The minimum Gasteiger partial charge on any atom is -0.335 e. The molecule has 1 heterocycles. The zero-order chi connectivity index (χ0) is 14.0. The third kappa shape index (κ3) is 2.98. The molecule has 2 rings (SSSR count). The van der Waals surface area contributed by atoms with Gasteiger partial charge in [0, 0.05) is 24.7 Å². The van der Waals surface area contributed by atoms with E-state index in [1.54, 1.807) is 0 Å². The Bertz CT molecular complexity index is 458. The van der Waals surface area contributed by atoms with Gasteiger partial charge in [-0.05, 0) is 42.9 Å². The van der Waals surface area contributed by atoms with Gasteiger partial charge in [0.15, 0.2) is 0 Å². The van der Waals surface area contributed by atoms with Gasteiger partial charge in [0.2, 0.25) is 0 Å². The highest BCUT2D eigenvalue weighted by Gasteiger charge is 2.32. The highest BCUT2D eigenvalue weighted by molar-refractivity contribution is 5.94. The van der Waals surface area contributed by atoms with Crippen LogP contribution in [-0.2, 0) is 6.54 Å². The molecule has 3 heteroatoms. The molecule has 1 fully saturated rings. The summed E-state index contributed by atoms with van der Waals surface area (Å²) in [7, 11) is 0. The van der Waals surface area contributed by atoms with Crippen molar-refractivity contribution in [1.29, 1.82) is 0 Å². The molecule has 19 heavy (non-hydrogen) atoms. The van der Waals surface area contributed by atoms with Gasteiger partial charge in [0.1, 0.15) is 0 Å². The Kier molecular flexibility index (Phi) is 4.25. The Hall–Kier alpha value is -1.35. The lowest BCUT2D eigenvalue weighted by molar-refractivity contribution is 0.0455. The van der Waals surface area contributed by atoms with Gasteiger partial charge < -0.3 is 10.6 Å². The summed E-state index contributed by atoms with van der Waals surface area (Å²) in [6, 6.07) is 7.99. The SMILES string of the molecule is CC1CC(C)C(C)N(C(=O)c2cccc(CN)c2)C1. The normalized spacial score (nSPS) is 27.4. The van der Waals surface area contributed by atoms with Crippen molar-refractivity contribution in [1.82, 2.24) is 4.90 Å². The average molecular weight is 260 g/mol. The molecule has 1 aromatic carbocycles. The van der Waals surface area contributed by atoms with Gasteiger partial charge >= 0.3 is 0 Å². The van der Waals surface area contributed by atoms with Crippen LogP contribution in [0.15, 0.2) is 24.3 Å². The molecule has 0 bridgehead atoms. The Morgan fingerprint density at radius 1 is 1.37 bits per heavy atom. The minimum absolute atomic E-state index is 0.140. The number of carbonyl (C=O) groups excluding carboxylic acids is 1. The Labute approximate surface area is 115 Å². The van der Waals surface area contributed by atoms with E-state index in [1.165, 1.54) is 6.42 Å².